The summed E-state index contributed by atoms with van der Waals surface area (Å²) < 4.78 is 5.72. The van der Waals surface area contributed by atoms with Gasteiger partial charge in [0.05, 0.1) is 4.92 Å². The molecule has 0 bridgehead atoms. The minimum atomic E-state index is -0.444. The van der Waals surface area contributed by atoms with Crippen LogP contribution in [0.1, 0.15) is 48.2 Å². The Labute approximate surface area is 140 Å². The van der Waals surface area contributed by atoms with Crippen LogP contribution in [-0.4, -0.2) is 16.9 Å². The largest absolute Gasteiger partial charge is 0.451 e. The molecule has 1 N–H and O–H groups in total. The molecule has 0 unspecified atom stereocenters. The molecule has 24 heavy (non-hydrogen) atoms. The number of furan rings is 1. The maximum atomic E-state index is 12.4. The standard InChI is InChI=1S/C18H20N2O4/c1-12-11-16(13-7-9-15(10-8-13)20(22)23)24-17(12)18(21)19-14-5-3-2-4-6-14/h7-11,14H,2-6H2,1H3,(H,19,21). The van der Waals surface area contributed by atoms with Gasteiger partial charge in [0, 0.05) is 29.3 Å². The minimum absolute atomic E-state index is 0.0253. The summed E-state index contributed by atoms with van der Waals surface area (Å²) in [7, 11) is 0. The third kappa shape index (κ3) is 3.48. The van der Waals surface area contributed by atoms with Crippen LogP contribution in [0.2, 0.25) is 0 Å². The molecule has 1 aromatic carbocycles. The second-order valence-corrected chi connectivity index (χ2v) is 6.24. The highest BCUT2D eigenvalue weighted by atomic mass is 16.6. The van der Waals surface area contributed by atoms with Crippen LogP contribution < -0.4 is 5.32 Å². The molecule has 1 fully saturated rings. The van der Waals surface area contributed by atoms with Gasteiger partial charge in [-0.2, -0.15) is 0 Å². The third-order valence-corrected chi connectivity index (χ3v) is 4.43. The van der Waals surface area contributed by atoms with Crippen molar-refractivity contribution in [1.82, 2.24) is 5.32 Å². The zero-order valence-corrected chi connectivity index (χ0v) is 13.6. The summed E-state index contributed by atoms with van der Waals surface area (Å²) in [5.74, 6) is 0.665. The van der Waals surface area contributed by atoms with E-state index in [9.17, 15) is 14.9 Å². The topological polar surface area (TPSA) is 85.4 Å². The first-order chi connectivity index (χ1) is 11.5. The molecule has 1 heterocycles. The maximum Gasteiger partial charge on any atom is 0.287 e. The normalized spacial score (nSPS) is 15.2. The summed E-state index contributed by atoms with van der Waals surface area (Å²) in [6.45, 7) is 1.83. The number of hydrogen-bond acceptors (Lipinski definition) is 4. The van der Waals surface area contributed by atoms with Crippen molar-refractivity contribution in [3.05, 3.63) is 51.8 Å². The Hall–Kier alpha value is -2.63. The molecule has 1 amide bonds. The van der Waals surface area contributed by atoms with E-state index in [4.69, 9.17) is 4.42 Å². The number of carbonyl (C=O) groups is 1. The molecule has 1 saturated carbocycles. The van der Waals surface area contributed by atoms with Gasteiger partial charge in [-0.25, -0.2) is 0 Å². The monoisotopic (exact) mass is 328 g/mol. The van der Waals surface area contributed by atoms with E-state index < -0.39 is 4.92 Å². The Morgan fingerprint density at radius 3 is 2.50 bits per heavy atom. The van der Waals surface area contributed by atoms with Gasteiger partial charge >= 0.3 is 0 Å². The molecular weight excluding hydrogens is 308 g/mol. The van der Waals surface area contributed by atoms with Crippen LogP contribution in [0.4, 0.5) is 5.69 Å². The van der Waals surface area contributed by atoms with E-state index in [1.54, 1.807) is 18.2 Å². The van der Waals surface area contributed by atoms with E-state index in [1.807, 2.05) is 6.92 Å². The molecular formula is C18H20N2O4. The fourth-order valence-corrected chi connectivity index (χ4v) is 3.10. The number of nitrogens with zero attached hydrogens (tertiary/aromatic N) is 1. The Morgan fingerprint density at radius 2 is 1.88 bits per heavy atom. The summed E-state index contributed by atoms with van der Waals surface area (Å²) in [6.07, 6.45) is 5.56. The molecule has 6 heteroatoms. The number of hydrogen-bond donors (Lipinski definition) is 1. The summed E-state index contributed by atoms with van der Waals surface area (Å²) in [5.41, 5.74) is 1.49. The molecule has 2 aromatic rings. The number of nitrogens with one attached hydrogen (secondary N) is 1. The highest BCUT2D eigenvalue weighted by Gasteiger charge is 2.21. The van der Waals surface area contributed by atoms with E-state index >= 15 is 0 Å². The van der Waals surface area contributed by atoms with Gasteiger partial charge in [0.25, 0.3) is 11.6 Å². The first kappa shape index (κ1) is 16.2. The van der Waals surface area contributed by atoms with Crippen molar-refractivity contribution in [1.29, 1.82) is 0 Å². The van der Waals surface area contributed by atoms with Crippen molar-refractivity contribution in [2.24, 2.45) is 0 Å². The number of carbonyl (C=O) groups excluding carboxylic acids is 1. The number of nitro groups is 1. The zero-order valence-electron chi connectivity index (χ0n) is 13.6. The summed E-state index contributed by atoms with van der Waals surface area (Å²) in [4.78, 5) is 22.7. The molecule has 1 aromatic heterocycles. The fraction of sp³-hybridized carbons (Fsp3) is 0.389. The van der Waals surface area contributed by atoms with Gasteiger partial charge in [-0.3, -0.25) is 14.9 Å². The number of benzene rings is 1. The minimum Gasteiger partial charge on any atom is -0.451 e. The second-order valence-electron chi connectivity index (χ2n) is 6.24. The van der Waals surface area contributed by atoms with E-state index in [1.165, 1.54) is 18.6 Å². The molecule has 0 radical (unpaired) electrons. The fourth-order valence-electron chi connectivity index (χ4n) is 3.10. The first-order valence-corrected chi connectivity index (χ1v) is 8.21. The van der Waals surface area contributed by atoms with E-state index in [2.05, 4.69) is 5.32 Å². The smallest absolute Gasteiger partial charge is 0.287 e. The van der Waals surface area contributed by atoms with Crippen LogP contribution in [0.25, 0.3) is 11.3 Å². The van der Waals surface area contributed by atoms with Crippen molar-refractivity contribution in [2.45, 2.75) is 45.1 Å². The van der Waals surface area contributed by atoms with Gasteiger partial charge in [-0.15, -0.1) is 0 Å². The maximum absolute atomic E-state index is 12.4. The summed E-state index contributed by atoms with van der Waals surface area (Å²) in [6, 6.07) is 8.11. The number of nitro benzene ring substituents is 1. The first-order valence-electron chi connectivity index (χ1n) is 8.21. The predicted molar refractivity (Wildman–Crippen MR) is 89.9 cm³/mol. The molecule has 6 nitrogen and oxygen atoms in total. The lowest BCUT2D eigenvalue weighted by Gasteiger charge is -2.22. The van der Waals surface area contributed by atoms with Crippen LogP contribution in [-0.2, 0) is 0 Å². The second kappa shape index (κ2) is 6.86. The Bertz CT molecular complexity index is 743. The molecule has 126 valence electrons. The lowest BCUT2D eigenvalue weighted by Crippen LogP contribution is -2.36. The van der Waals surface area contributed by atoms with E-state index in [0.717, 1.165) is 31.2 Å². The molecule has 0 aliphatic heterocycles. The van der Waals surface area contributed by atoms with Crippen molar-refractivity contribution >= 4 is 11.6 Å². The van der Waals surface area contributed by atoms with E-state index in [0.29, 0.717) is 17.1 Å². The number of amides is 1. The number of rotatable bonds is 4. The van der Waals surface area contributed by atoms with E-state index in [-0.39, 0.29) is 17.6 Å². The average Bonchev–Trinajstić information content (AvgIpc) is 2.98. The highest BCUT2D eigenvalue weighted by Crippen LogP contribution is 2.27. The SMILES string of the molecule is Cc1cc(-c2ccc([N+](=O)[O-])cc2)oc1C(=O)NC1CCCCC1. The van der Waals surface area contributed by atoms with Crippen LogP contribution in [0.5, 0.6) is 0 Å². The van der Waals surface area contributed by atoms with Gasteiger partial charge < -0.3 is 9.73 Å². The van der Waals surface area contributed by atoms with Gasteiger partial charge in [-0.05, 0) is 38.0 Å². The van der Waals surface area contributed by atoms with Crippen LogP contribution >= 0.6 is 0 Å². The number of aryl methyl sites for hydroxylation is 1. The van der Waals surface area contributed by atoms with Crippen molar-refractivity contribution in [3.8, 4) is 11.3 Å². The van der Waals surface area contributed by atoms with Crippen LogP contribution in [0.3, 0.4) is 0 Å². The van der Waals surface area contributed by atoms with Crippen molar-refractivity contribution in [2.75, 3.05) is 0 Å². The summed E-state index contributed by atoms with van der Waals surface area (Å²) in [5, 5.41) is 13.8. The molecule has 1 aliphatic carbocycles. The third-order valence-electron chi connectivity index (χ3n) is 4.43. The zero-order chi connectivity index (χ0) is 17.1. The van der Waals surface area contributed by atoms with Crippen molar-refractivity contribution < 1.29 is 14.1 Å². The lowest BCUT2D eigenvalue weighted by molar-refractivity contribution is -0.384. The van der Waals surface area contributed by atoms with Gasteiger partial charge in [0.1, 0.15) is 5.76 Å². The molecule has 1 aliphatic rings. The predicted octanol–water partition coefficient (Wildman–Crippen LogP) is 4.23. The average molecular weight is 328 g/mol. The van der Waals surface area contributed by atoms with Crippen LogP contribution in [0, 0.1) is 17.0 Å². The Balaban J connectivity index is 1.76. The lowest BCUT2D eigenvalue weighted by atomic mass is 9.95. The number of non-ortho nitro benzene ring substituents is 1. The van der Waals surface area contributed by atoms with Crippen LogP contribution in [0.15, 0.2) is 34.7 Å². The highest BCUT2D eigenvalue weighted by molar-refractivity contribution is 5.93. The molecule has 0 saturated heterocycles. The van der Waals surface area contributed by atoms with Gasteiger partial charge in [0.2, 0.25) is 0 Å². The quantitative estimate of drug-likeness (QED) is 0.672. The van der Waals surface area contributed by atoms with Crippen molar-refractivity contribution in [3.63, 3.8) is 0 Å². The van der Waals surface area contributed by atoms with Gasteiger partial charge in [-0.1, -0.05) is 19.3 Å². The Morgan fingerprint density at radius 1 is 1.21 bits per heavy atom. The molecule has 0 atom stereocenters. The van der Waals surface area contributed by atoms with Gasteiger partial charge in [0.15, 0.2) is 5.76 Å². The molecule has 0 spiro atoms. The summed E-state index contributed by atoms with van der Waals surface area (Å²) >= 11 is 0. The molecule has 3 rings (SSSR count). The Kier molecular flexibility index (Phi) is 4.64.